The number of aryl methyl sites for hydroxylation is 1. The van der Waals surface area contributed by atoms with Crippen molar-refractivity contribution in [2.75, 3.05) is 13.6 Å². The molecule has 0 heterocycles. The van der Waals surface area contributed by atoms with Gasteiger partial charge in [0.05, 0.1) is 11.0 Å². The summed E-state index contributed by atoms with van der Waals surface area (Å²) in [6, 6.07) is 8.75. The van der Waals surface area contributed by atoms with Crippen molar-refractivity contribution in [3.63, 3.8) is 0 Å². The van der Waals surface area contributed by atoms with Gasteiger partial charge < -0.3 is 0 Å². The second-order valence-corrected chi connectivity index (χ2v) is 5.51. The van der Waals surface area contributed by atoms with Crippen LogP contribution in [0.3, 0.4) is 0 Å². The Morgan fingerprint density at radius 3 is 2.56 bits per heavy atom. The highest BCUT2D eigenvalue weighted by molar-refractivity contribution is 7.89. The van der Waals surface area contributed by atoms with Crippen molar-refractivity contribution in [1.29, 1.82) is 5.26 Å². The van der Waals surface area contributed by atoms with Gasteiger partial charge in [0.15, 0.2) is 0 Å². The highest BCUT2D eigenvalue weighted by Gasteiger charge is 2.21. The first-order valence-electron chi connectivity index (χ1n) is 4.89. The van der Waals surface area contributed by atoms with Gasteiger partial charge in [-0.1, -0.05) is 18.2 Å². The van der Waals surface area contributed by atoms with Crippen LogP contribution in [0.5, 0.6) is 0 Å². The van der Waals surface area contributed by atoms with Gasteiger partial charge in [0, 0.05) is 20.0 Å². The third-order valence-corrected chi connectivity index (χ3v) is 4.34. The lowest BCUT2D eigenvalue weighted by Crippen LogP contribution is -2.28. The van der Waals surface area contributed by atoms with Crippen LogP contribution in [0, 0.1) is 18.3 Å². The standard InChI is InChI=1S/C11H14N2O2S/c1-10-6-3-4-7-11(10)16(14,15)13(2)9-5-8-12/h3-4,6-7H,5,9H2,1-2H3. The predicted octanol–water partition coefficient (Wildman–Crippen LogP) is 1.53. The van der Waals surface area contributed by atoms with Crippen molar-refractivity contribution in [2.45, 2.75) is 18.2 Å². The van der Waals surface area contributed by atoms with Crippen LogP contribution in [0.2, 0.25) is 0 Å². The van der Waals surface area contributed by atoms with Gasteiger partial charge in [0.1, 0.15) is 0 Å². The van der Waals surface area contributed by atoms with E-state index in [1.54, 1.807) is 31.2 Å². The van der Waals surface area contributed by atoms with Gasteiger partial charge >= 0.3 is 0 Å². The number of hydrogen-bond acceptors (Lipinski definition) is 3. The van der Waals surface area contributed by atoms with Gasteiger partial charge in [-0.25, -0.2) is 8.42 Å². The quantitative estimate of drug-likeness (QED) is 0.799. The number of nitrogens with zero attached hydrogens (tertiary/aromatic N) is 2. The van der Waals surface area contributed by atoms with Crippen LogP contribution in [-0.2, 0) is 10.0 Å². The molecule has 0 fully saturated rings. The van der Waals surface area contributed by atoms with Gasteiger partial charge in [-0.3, -0.25) is 0 Å². The second kappa shape index (κ2) is 5.10. The fourth-order valence-electron chi connectivity index (χ4n) is 1.34. The first kappa shape index (κ1) is 12.7. The Kier molecular flexibility index (Phi) is 4.05. The van der Waals surface area contributed by atoms with Crippen molar-refractivity contribution in [3.8, 4) is 6.07 Å². The minimum Gasteiger partial charge on any atom is -0.207 e. The zero-order valence-electron chi connectivity index (χ0n) is 9.34. The van der Waals surface area contributed by atoms with Crippen molar-refractivity contribution >= 4 is 10.0 Å². The van der Waals surface area contributed by atoms with Crippen molar-refractivity contribution in [1.82, 2.24) is 4.31 Å². The summed E-state index contributed by atoms with van der Waals surface area (Å²) in [4.78, 5) is 0.301. The van der Waals surface area contributed by atoms with E-state index in [-0.39, 0.29) is 13.0 Å². The second-order valence-electron chi connectivity index (χ2n) is 3.50. The Morgan fingerprint density at radius 2 is 2.00 bits per heavy atom. The van der Waals surface area contributed by atoms with Gasteiger partial charge in [-0.2, -0.15) is 9.57 Å². The van der Waals surface area contributed by atoms with E-state index in [4.69, 9.17) is 5.26 Å². The summed E-state index contributed by atoms with van der Waals surface area (Å²) in [5.74, 6) is 0. The van der Waals surface area contributed by atoms with Crippen LogP contribution in [0.15, 0.2) is 29.2 Å². The van der Waals surface area contributed by atoms with E-state index in [2.05, 4.69) is 0 Å². The smallest absolute Gasteiger partial charge is 0.207 e. The molecule has 1 rings (SSSR count). The summed E-state index contributed by atoms with van der Waals surface area (Å²) >= 11 is 0. The molecule has 0 bridgehead atoms. The Labute approximate surface area is 96.2 Å². The topological polar surface area (TPSA) is 61.2 Å². The maximum absolute atomic E-state index is 12.1. The van der Waals surface area contributed by atoms with Gasteiger partial charge in [0.2, 0.25) is 10.0 Å². The Hall–Kier alpha value is -1.38. The molecule has 0 atom stereocenters. The number of benzene rings is 1. The Balaban J connectivity index is 3.04. The molecule has 0 aliphatic rings. The number of hydrogen-bond donors (Lipinski definition) is 0. The summed E-state index contributed by atoms with van der Waals surface area (Å²) in [5, 5.41) is 8.43. The number of nitriles is 1. The molecule has 5 heteroatoms. The van der Waals surface area contributed by atoms with E-state index < -0.39 is 10.0 Å². The van der Waals surface area contributed by atoms with Crippen LogP contribution in [0.25, 0.3) is 0 Å². The molecule has 1 aromatic carbocycles. The van der Waals surface area contributed by atoms with E-state index in [0.717, 1.165) is 0 Å². The molecule has 16 heavy (non-hydrogen) atoms. The molecule has 0 N–H and O–H groups in total. The molecule has 1 aromatic rings. The van der Waals surface area contributed by atoms with Crippen molar-refractivity contribution < 1.29 is 8.42 Å². The molecule has 0 spiro atoms. The van der Waals surface area contributed by atoms with Gasteiger partial charge in [-0.15, -0.1) is 0 Å². The molecule has 4 nitrogen and oxygen atoms in total. The van der Waals surface area contributed by atoms with E-state index in [0.29, 0.717) is 10.5 Å². The molecular formula is C11H14N2O2S. The SMILES string of the molecule is Cc1ccccc1S(=O)(=O)N(C)CCC#N. The zero-order chi connectivity index (χ0) is 12.2. The molecule has 0 unspecified atom stereocenters. The average molecular weight is 238 g/mol. The Bertz CT molecular complexity index is 503. The van der Waals surface area contributed by atoms with Gasteiger partial charge in [0.25, 0.3) is 0 Å². The van der Waals surface area contributed by atoms with Crippen LogP contribution in [0.4, 0.5) is 0 Å². The van der Waals surface area contributed by atoms with Crippen LogP contribution in [-0.4, -0.2) is 26.3 Å². The van der Waals surface area contributed by atoms with E-state index in [1.165, 1.54) is 11.4 Å². The minimum atomic E-state index is -3.46. The lowest BCUT2D eigenvalue weighted by molar-refractivity contribution is 0.476. The zero-order valence-corrected chi connectivity index (χ0v) is 10.2. The van der Waals surface area contributed by atoms with Crippen LogP contribution >= 0.6 is 0 Å². The highest BCUT2D eigenvalue weighted by atomic mass is 32.2. The molecule has 86 valence electrons. The predicted molar refractivity (Wildman–Crippen MR) is 61.2 cm³/mol. The summed E-state index contributed by atoms with van der Waals surface area (Å²) in [6.45, 7) is 1.97. The normalized spacial score (nSPS) is 11.4. The molecule has 0 aliphatic heterocycles. The molecule has 0 aliphatic carbocycles. The maximum atomic E-state index is 12.1. The lowest BCUT2D eigenvalue weighted by Gasteiger charge is -2.16. The Morgan fingerprint density at radius 1 is 1.38 bits per heavy atom. The lowest BCUT2D eigenvalue weighted by atomic mass is 10.2. The van der Waals surface area contributed by atoms with E-state index in [9.17, 15) is 8.42 Å². The molecule has 0 saturated heterocycles. The molecule has 0 aromatic heterocycles. The third-order valence-electron chi connectivity index (χ3n) is 2.32. The van der Waals surface area contributed by atoms with Crippen LogP contribution < -0.4 is 0 Å². The largest absolute Gasteiger partial charge is 0.243 e. The van der Waals surface area contributed by atoms with Crippen molar-refractivity contribution in [3.05, 3.63) is 29.8 Å². The fourth-order valence-corrected chi connectivity index (χ4v) is 2.73. The summed E-state index contributed by atoms with van der Waals surface area (Å²) in [5.41, 5.74) is 0.714. The van der Waals surface area contributed by atoms with Crippen molar-refractivity contribution in [2.24, 2.45) is 0 Å². The average Bonchev–Trinajstić information content (AvgIpc) is 2.26. The molecule has 0 radical (unpaired) electrons. The minimum absolute atomic E-state index is 0.196. The summed E-state index contributed by atoms with van der Waals surface area (Å²) in [6.07, 6.45) is 0.196. The molecule has 0 amide bonds. The fraction of sp³-hybridized carbons (Fsp3) is 0.364. The number of rotatable bonds is 4. The number of sulfonamides is 1. The third kappa shape index (κ3) is 2.60. The summed E-state index contributed by atoms with van der Waals surface area (Å²) < 4.78 is 25.4. The van der Waals surface area contributed by atoms with Crippen LogP contribution in [0.1, 0.15) is 12.0 Å². The monoisotopic (exact) mass is 238 g/mol. The first-order valence-corrected chi connectivity index (χ1v) is 6.33. The molecular weight excluding hydrogens is 224 g/mol. The molecule has 0 saturated carbocycles. The highest BCUT2D eigenvalue weighted by Crippen LogP contribution is 2.18. The van der Waals surface area contributed by atoms with E-state index >= 15 is 0 Å². The first-order chi connectivity index (χ1) is 7.50. The maximum Gasteiger partial charge on any atom is 0.243 e. The summed E-state index contributed by atoms with van der Waals surface area (Å²) in [7, 11) is -1.97. The van der Waals surface area contributed by atoms with Gasteiger partial charge in [-0.05, 0) is 18.6 Å². The van der Waals surface area contributed by atoms with E-state index in [1.807, 2.05) is 6.07 Å².